The second-order valence-electron chi connectivity index (χ2n) is 6.84. The molecule has 29 heavy (non-hydrogen) atoms. The molecule has 0 radical (unpaired) electrons. The van der Waals surface area contributed by atoms with E-state index in [0.29, 0.717) is 42.5 Å². The van der Waals surface area contributed by atoms with Crippen LogP contribution < -0.4 is 10.6 Å². The van der Waals surface area contributed by atoms with Gasteiger partial charge in [-0.1, -0.05) is 23.7 Å². The molecule has 0 aliphatic carbocycles. The molecule has 2 aromatic rings. The molecule has 0 spiro atoms. The zero-order chi connectivity index (χ0) is 20.8. The van der Waals surface area contributed by atoms with Gasteiger partial charge >= 0.3 is 0 Å². The summed E-state index contributed by atoms with van der Waals surface area (Å²) in [6.45, 7) is 4.01. The predicted octanol–water partition coefficient (Wildman–Crippen LogP) is 1.83. The molecule has 1 fully saturated rings. The molecule has 1 unspecified atom stereocenters. The Morgan fingerprint density at radius 2 is 1.86 bits per heavy atom. The van der Waals surface area contributed by atoms with Gasteiger partial charge in [0.05, 0.1) is 29.1 Å². The number of anilines is 1. The van der Waals surface area contributed by atoms with Gasteiger partial charge in [0.15, 0.2) is 0 Å². The quantitative estimate of drug-likeness (QED) is 0.746. The van der Waals surface area contributed by atoms with E-state index in [-0.39, 0.29) is 24.3 Å². The summed E-state index contributed by atoms with van der Waals surface area (Å²) in [7, 11) is 0. The van der Waals surface area contributed by atoms with Crippen LogP contribution in [0.1, 0.15) is 17.3 Å². The number of carbonyl (C=O) groups excluding carboxylic acids is 3. The maximum absolute atomic E-state index is 12.6. The van der Waals surface area contributed by atoms with Crippen LogP contribution in [-0.2, 0) is 9.59 Å². The highest BCUT2D eigenvalue weighted by Gasteiger charge is 2.27. The minimum atomic E-state index is -0.646. The fourth-order valence-electron chi connectivity index (χ4n) is 3.09. The zero-order valence-corrected chi connectivity index (χ0v) is 16.8. The van der Waals surface area contributed by atoms with Gasteiger partial charge in [0.25, 0.3) is 5.91 Å². The first-order chi connectivity index (χ1) is 13.9. The van der Waals surface area contributed by atoms with Gasteiger partial charge < -0.3 is 20.0 Å². The number of amides is 3. The monoisotopic (exact) mass is 418 g/mol. The summed E-state index contributed by atoms with van der Waals surface area (Å²) in [6, 6.07) is 7.96. The van der Waals surface area contributed by atoms with Crippen molar-refractivity contribution in [2.75, 3.05) is 38.0 Å². The van der Waals surface area contributed by atoms with E-state index in [0.717, 1.165) is 0 Å². The molecule has 1 saturated heterocycles. The van der Waals surface area contributed by atoms with Crippen LogP contribution in [0.2, 0.25) is 5.02 Å². The van der Waals surface area contributed by atoms with Crippen molar-refractivity contribution in [3.05, 3.63) is 53.4 Å². The van der Waals surface area contributed by atoms with Crippen LogP contribution in [-0.4, -0.2) is 66.3 Å². The Kier molecular flexibility index (Phi) is 6.90. The molecule has 2 N–H and O–H groups in total. The third-order valence-corrected chi connectivity index (χ3v) is 5.03. The molecule has 154 valence electrons. The van der Waals surface area contributed by atoms with Crippen molar-refractivity contribution >= 4 is 35.0 Å². The van der Waals surface area contributed by atoms with Crippen molar-refractivity contribution in [3.63, 3.8) is 0 Å². The number of carbonyl (C=O) groups is 3. The molecule has 1 aliphatic rings. The SMILES string of the molecule is CC(NC(=O)c1ccoc1)C(=O)N1CCN(CC(=O)Nc2ccccc2Cl)CC1. The molecule has 3 amide bonds. The Hall–Kier alpha value is -2.84. The molecule has 0 saturated carbocycles. The maximum atomic E-state index is 12.6. The molecular weight excluding hydrogens is 396 g/mol. The van der Waals surface area contributed by atoms with Crippen LogP contribution in [0.15, 0.2) is 47.3 Å². The second kappa shape index (κ2) is 9.58. The lowest BCUT2D eigenvalue weighted by atomic mass is 10.2. The van der Waals surface area contributed by atoms with Crippen LogP contribution in [0.4, 0.5) is 5.69 Å². The van der Waals surface area contributed by atoms with Gasteiger partial charge in [-0.15, -0.1) is 0 Å². The van der Waals surface area contributed by atoms with Gasteiger partial charge in [0.1, 0.15) is 12.3 Å². The van der Waals surface area contributed by atoms with Crippen molar-refractivity contribution in [2.24, 2.45) is 0 Å². The summed E-state index contributed by atoms with van der Waals surface area (Å²) in [6.07, 6.45) is 2.74. The first-order valence-electron chi connectivity index (χ1n) is 9.32. The highest BCUT2D eigenvalue weighted by atomic mass is 35.5. The lowest BCUT2D eigenvalue weighted by Crippen LogP contribution is -2.55. The van der Waals surface area contributed by atoms with E-state index in [1.165, 1.54) is 12.5 Å². The van der Waals surface area contributed by atoms with Crippen LogP contribution >= 0.6 is 11.6 Å². The lowest BCUT2D eigenvalue weighted by Gasteiger charge is -2.35. The van der Waals surface area contributed by atoms with E-state index in [9.17, 15) is 14.4 Å². The summed E-state index contributed by atoms with van der Waals surface area (Å²) in [5, 5.41) is 5.96. The van der Waals surface area contributed by atoms with E-state index in [4.69, 9.17) is 16.0 Å². The molecule has 3 rings (SSSR count). The Labute approximate surface area is 173 Å². The average molecular weight is 419 g/mol. The number of hydrogen-bond acceptors (Lipinski definition) is 5. The number of piperazine rings is 1. The van der Waals surface area contributed by atoms with E-state index < -0.39 is 6.04 Å². The first-order valence-corrected chi connectivity index (χ1v) is 9.70. The Bertz CT molecular complexity index is 863. The Morgan fingerprint density at radius 1 is 1.14 bits per heavy atom. The molecule has 1 aliphatic heterocycles. The van der Waals surface area contributed by atoms with E-state index >= 15 is 0 Å². The Morgan fingerprint density at radius 3 is 2.52 bits per heavy atom. The lowest BCUT2D eigenvalue weighted by molar-refractivity contribution is -0.134. The van der Waals surface area contributed by atoms with Crippen LogP contribution in [0.3, 0.4) is 0 Å². The summed E-state index contributed by atoms with van der Waals surface area (Å²) in [4.78, 5) is 40.6. The number of rotatable bonds is 6. The van der Waals surface area contributed by atoms with Crippen molar-refractivity contribution in [3.8, 4) is 0 Å². The molecule has 2 heterocycles. The number of para-hydroxylation sites is 1. The summed E-state index contributed by atoms with van der Waals surface area (Å²) >= 11 is 6.06. The van der Waals surface area contributed by atoms with Crippen LogP contribution in [0.5, 0.6) is 0 Å². The fraction of sp³-hybridized carbons (Fsp3) is 0.350. The van der Waals surface area contributed by atoms with Crippen LogP contribution in [0.25, 0.3) is 0 Å². The normalized spacial score (nSPS) is 15.6. The molecule has 1 aromatic heterocycles. The van der Waals surface area contributed by atoms with E-state index in [2.05, 4.69) is 10.6 Å². The van der Waals surface area contributed by atoms with Crippen molar-refractivity contribution in [1.29, 1.82) is 0 Å². The molecule has 8 nitrogen and oxygen atoms in total. The topological polar surface area (TPSA) is 94.9 Å². The number of nitrogens with one attached hydrogen (secondary N) is 2. The second-order valence-corrected chi connectivity index (χ2v) is 7.24. The average Bonchev–Trinajstić information content (AvgIpc) is 3.25. The highest BCUT2D eigenvalue weighted by Crippen LogP contribution is 2.20. The summed E-state index contributed by atoms with van der Waals surface area (Å²) in [5.74, 6) is -0.657. The van der Waals surface area contributed by atoms with Gasteiger partial charge in [-0.25, -0.2) is 0 Å². The Balaban J connectivity index is 1.43. The van der Waals surface area contributed by atoms with Crippen LogP contribution in [0, 0.1) is 0 Å². The maximum Gasteiger partial charge on any atom is 0.255 e. The number of benzene rings is 1. The van der Waals surface area contributed by atoms with Crippen molar-refractivity contribution < 1.29 is 18.8 Å². The van der Waals surface area contributed by atoms with E-state index in [1.54, 1.807) is 42.2 Å². The van der Waals surface area contributed by atoms with Crippen molar-refractivity contribution in [1.82, 2.24) is 15.1 Å². The standard InChI is InChI=1S/C20H23ClN4O4/c1-14(22-19(27)15-6-11-29-13-15)20(28)25-9-7-24(8-10-25)12-18(26)23-17-5-3-2-4-16(17)21/h2-6,11,13-14H,7-10,12H2,1H3,(H,22,27)(H,23,26). The van der Waals surface area contributed by atoms with Gasteiger partial charge in [0, 0.05) is 26.2 Å². The third-order valence-electron chi connectivity index (χ3n) is 4.70. The minimum Gasteiger partial charge on any atom is -0.472 e. The summed E-state index contributed by atoms with van der Waals surface area (Å²) in [5.41, 5.74) is 0.953. The molecule has 0 bridgehead atoms. The predicted molar refractivity (Wildman–Crippen MR) is 109 cm³/mol. The number of nitrogens with zero attached hydrogens (tertiary/aromatic N) is 2. The molecule has 1 aromatic carbocycles. The number of furan rings is 1. The first kappa shape index (κ1) is 20.9. The smallest absolute Gasteiger partial charge is 0.255 e. The molecule has 1 atom stereocenters. The summed E-state index contributed by atoms with van der Waals surface area (Å²) < 4.78 is 4.88. The van der Waals surface area contributed by atoms with Crippen molar-refractivity contribution in [2.45, 2.75) is 13.0 Å². The fourth-order valence-corrected chi connectivity index (χ4v) is 3.27. The molecule has 9 heteroatoms. The zero-order valence-electron chi connectivity index (χ0n) is 16.1. The number of hydrogen-bond donors (Lipinski definition) is 2. The van der Waals surface area contributed by atoms with Gasteiger partial charge in [-0.3, -0.25) is 19.3 Å². The third kappa shape index (κ3) is 5.58. The van der Waals surface area contributed by atoms with E-state index in [1.807, 2.05) is 4.90 Å². The largest absolute Gasteiger partial charge is 0.472 e. The van der Waals surface area contributed by atoms with Gasteiger partial charge in [0.2, 0.25) is 11.8 Å². The van der Waals surface area contributed by atoms with Gasteiger partial charge in [-0.2, -0.15) is 0 Å². The highest BCUT2D eigenvalue weighted by molar-refractivity contribution is 6.33. The molecular formula is C20H23ClN4O4. The van der Waals surface area contributed by atoms with Gasteiger partial charge in [-0.05, 0) is 25.1 Å². The number of halogens is 1. The minimum absolute atomic E-state index is 0.151.